The molecule has 0 spiro atoms. The zero-order valence-electron chi connectivity index (χ0n) is 16.7. The number of nitrogens with one attached hydrogen (secondary N) is 1. The van der Waals surface area contributed by atoms with Gasteiger partial charge in [0.25, 0.3) is 0 Å². The molecule has 0 saturated heterocycles. The second-order valence-electron chi connectivity index (χ2n) is 6.97. The van der Waals surface area contributed by atoms with E-state index in [-0.39, 0.29) is 12.1 Å². The van der Waals surface area contributed by atoms with Gasteiger partial charge >= 0.3 is 6.03 Å². The summed E-state index contributed by atoms with van der Waals surface area (Å²) in [5.41, 5.74) is 3.02. The molecule has 0 fully saturated rings. The van der Waals surface area contributed by atoms with Gasteiger partial charge in [-0.05, 0) is 35.9 Å². The summed E-state index contributed by atoms with van der Waals surface area (Å²) in [6.45, 7) is 1.84. The highest BCUT2D eigenvalue weighted by Gasteiger charge is 2.34. The zero-order valence-corrected chi connectivity index (χ0v) is 16.7. The van der Waals surface area contributed by atoms with Crippen molar-refractivity contribution in [2.24, 2.45) is 0 Å². The molecule has 4 rings (SSSR count). The number of methoxy groups -OCH3 is 2. The van der Waals surface area contributed by atoms with E-state index in [0.717, 1.165) is 34.9 Å². The van der Waals surface area contributed by atoms with Gasteiger partial charge in [-0.2, -0.15) is 0 Å². The summed E-state index contributed by atoms with van der Waals surface area (Å²) in [6.07, 6.45) is 2.05. The molecule has 150 valence electrons. The fourth-order valence-corrected chi connectivity index (χ4v) is 3.86. The lowest BCUT2D eigenvalue weighted by atomic mass is 9.98. The summed E-state index contributed by atoms with van der Waals surface area (Å²) in [7, 11) is 3.28. The van der Waals surface area contributed by atoms with Crippen molar-refractivity contribution in [2.75, 3.05) is 20.8 Å². The predicted molar refractivity (Wildman–Crippen MR) is 111 cm³/mol. The van der Waals surface area contributed by atoms with Crippen LogP contribution >= 0.6 is 0 Å². The molecular formula is C23H25N3O3. The molecule has 6 nitrogen and oxygen atoms in total. The van der Waals surface area contributed by atoms with E-state index in [2.05, 4.69) is 16.0 Å². The third-order valence-electron chi connectivity index (χ3n) is 5.32. The molecule has 1 N–H and O–H groups in total. The highest BCUT2D eigenvalue weighted by Crippen LogP contribution is 2.39. The Labute approximate surface area is 170 Å². The average Bonchev–Trinajstić information content (AvgIpc) is 3.26. The number of ether oxygens (including phenoxy) is 2. The van der Waals surface area contributed by atoms with Gasteiger partial charge in [0.05, 0.1) is 14.2 Å². The van der Waals surface area contributed by atoms with Gasteiger partial charge in [0.2, 0.25) is 0 Å². The fraction of sp³-hybridized carbons (Fsp3) is 0.261. The number of hydrogen-bond donors (Lipinski definition) is 1. The number of hydrogen-bond acceptors (Lipinski definition) is 3. The molecule has 1 unspecified atom stereocenters. The lowest BCUT2D eigenvalue weighted by Gasteiger charge is -2.37. The van der Waals surface area contributed by atoms with E-state index >= 15 is 0 Å². The Morgan fingerprint density at radius 2 is 1.86 bits per heavy atom. The van der Waals surface area contributed by atoms with Crippen molar-refractivity contribution in [3.8, 4) is 11.5 Å². The number of carbonyl (C=O) groups is 1. The standard InChI is InChI=1S/C23H25N3O3/c1-28-18-10-11-21(29-2)19(15-18)22-20-9-6-12-25(20)13-14-26(22)23(27)24-16-17-7-4-3-5-8-17/h3-12,15,22H,13-14,16H2,1-2H3,(H,24,27). The van der Waals surface area contributed by atoms with Gasteiger partial charge < -0.3 is 24.3 Å². The van der Waals surface area contributed by atoms with E-state index in [9.17, 15) is 4.79 Å². The molecule has 0 aliphatic carbocycles. The molecule has 3 aromatic rings. The molecule has 0 bridgehead atoms. The SMILES string of the molecule is COc1ccc(OC)c(C2c3cccn3CCN2C(=O)NCc2ccccc2)c1. The number of benzene rings is 2. The Bertz CT molecular complexity index is 984. The van der Waals surface area contributed by atoms with Crippen LogP contribution in [0.4, 0.5) is 4.79 Å². The number of carbonyl (C=O) groups excluding carboxylic acids is 1. The molecule has 0 radical (unpaired) electrons. The Kier molecular flexibility index (Phi) is 5.42. The number of fused-ring (bicyclic) bond motifs is 1. The lowest BCUT2D eigenvalue weighted by molar-refractivity contribution is 0.167. The van der Waals surface area contributed by atoms with Crippen LogP contribution in [0.2, 0.25) is 0 Å². The Balaban J connectivity index is 1.67. The van der Waals surface area contributed by atoms with Crippen LogP contribution in [0.5, 0.6) is 11.5 Å². The summed E-state index contributed by atoms with van der Waals surface area (Å²) in [5.74, 6) is 1.46. The first kappa shape index (κ1) is 18.9. The summed E-state index contributed by atoms with van der Waals surface area (Å²) >= 11 is 0. The minimum absolute atomic E-state index is 0.101. The summed E-state index contributed by atoms with van der Waals surface area (Å²) in [4.78, 5) is 15.0. The molecule has 2 amide bonds. The summed E-state index contributed by atoms with van der Waals surface area (Å²) < 4.78 is 13.2. The summed E-state index contributed by atoms with van der Waals surface area (Å²) in [6, 6.07) is 19.3. The van der Waals surface area contributed by atoms with Crippen molar-refractivity contribution in [3.05, 3.63) is 83.7 Å². The van der Waals surface area contributed by atoms with Crippen LogP contribution in [0.3, 0.4) is 0 Å². The van der Waals surface area contributed by atoms with Crippen molar-refractivity contribution >= 4 is 6.03 Å². The van der Waals surface area contributed by atoms with Gasteiger partial charge in [0, 0.05) is 37.1 Å². The maximum Gasteiger partial charge on any atom is 0.318 e. The van der Waals surface area contributed by atoms with Crippen LogP contribution in [0.1, 0.15) is 22.9 Å². The Morgan fingerprint density at radius 1 is 1.03 bits per heavy atom. The monoisotopic (exact) mass is 391 g/mol. The van der Waals surface area contributed by atoms with Gasteiger partial charge in [-0.3, -0.25) is 0 Å². The smallest absolute Gasteiger partial charge is 0.318 e. The quantitative estimate of drug-likeness (QED) is 0.719. The molecule has 29 heavy (non-hydrogen) atoms. The maximum absolute atomic E-state index is 13.2. The van der Waals surface area contributed by atoms with Crippen molar-refractivity contribution < 1.29 is 14.3 Å². The third-order valence-corrected chi connectivity index (χ3v) is 5.32. The van der Waals surface area contributed by atoms with E-state index in [0.29, 0.717) is 13.1 Å². The summed E-state index contributed by atoms with van der Waals surface area (Å²) in [5, 5.41) is 3.06. The van der Waals surface area contributed by atoms with Crippen molar-refractivity contribution in [1.82, 2.24) is 14.8 Å². The number of rotatable bonds is 5. The van der Waals surface area contributed by atoms with Gasteiger partial charge in [0.1, 0.15) is 17.5 Å². The van der Waals surface area contributed by atoms with E-state index in [1.54, 1.807) is 14.2 Å². The fourth-order valence-electron chi connectivity index (χ4n) is 3.86. The predicted octanol–water partition coefficient (Wildman–Crippen LogP) is 3.82. The first-order valence-electron chi connectivity index (χ1n) is 9.66. The molecule has 1 aliphatic rings. The highest BCUT2D eigenvalue weighted by atomic mass is 16.5. The zero-order chi connectivity index (χ0) is 20.2. The second-order valence-corrected chi connectivity index (χ2v) is 6.97. The van der Waals surface area contributed by atoms with Crippen molar-refractivity contribution in [1.29, 1.82) is 0 Å². The number of amides is 2. The van der Waals surface area contributed by atoms with Gasteiger partial charge in [-0.15, -0.1) is 0 Å². The van der Waals surface area contributed by atoms with Gasteiger partial charge in [-0.25, -0.2) is 4.79 Å². The first-order valence-corrected chi connectivity index (χ1v) is 9.66. The van der Waals surface area contributed by atoms with Crippen LogP contribution in [0.15, 0.2) is 66.9 Å². The van der Waals surface area contributed by atoms with E-state index in [4.69, 9.17) is 9.47 Å². The van der Waals surface area contributed by atoms with Crippen LogP contribution in [0.25, 0.3) is 0 Å². The number of aromatic nitrogens is 1. The number of nitrogens with zero attached hydrogens (tertiary/aromatic N) is 2. The normalized spacial score (nSPS) is 15.5. The first-order chi connectivity index (χ1) is 14.2. The lowest BCUT2D eigenvalue weighted by Crippen LogP contribution is -2.47. The van der Waals surface area contributed by atoms with Crippen LogP contribution < -0.4 is 14.8 Å². The number of urea groups is 1. The maximum atomic E-state index is 13.2. The van der Waals surface area contributed by atoms with E-state index < -0.39 is 0 Å². The highest BCUT2D eigenvalue weighted by molar-refractivity contribution is 5.76. The minimum Gasteiger partial charge on any atom is -0.497 e. The average molecular weight is 391 g/mol. The largest absolute Gasteiger partial charge is 0.497 e. The van der Waals surface area contributed by atoms with Crippen LogP contribution in [-0.4, -0.2) is 36.3 Å². The van der Waals surface area contributed by atoms with Gasteiger partial charge in [-0.1, -0.05) is 30.3 Å². The molecule has 6 heteroatoms. The third kappa shape index (κ3) is 3.78. The molecule has 1 aliphatic heterocycles. The minimum atomic E-state index is -0.264. The Hall–Kier alpha value is -3.41. The molecular weight excluding hydrogens is 366 g/mol. The Morgan fingerprint density at radius 3 is 2.62 bits per heavy atom. The van der Waals surface area contributed by atoms with Gasteiger partial charge in [0.15, 0.2) is 0 Å². The molecule has 1 aromatic heterocycles. The van der Waals surface area contributed by atoms with E-state index in [1.807, 2.05) is 65.7 Å². The van der Waals surface area contributed by atoms with Crippen molar-refractivity contribution in [2.45, 2.75) is 19.1 Å². The van der Waals surface area contributed by atoms with Crippen LogP contribution in [-0.2, 0) is 13.1 Å². The molecule has 2 heterocycles. The molecule has 1 atom stereocenters. The second kappa shape index (κ2) is 8.31. The molecule has 2 aromatic carbocycles. The van der Waals surface area contributed by atoms with Crippen molar-refractivity contribution in [3.63, 3.8) is 0 Å². The van der Waals surface area contributed by atoms with E-state index in [1.165, 1.54) is 0 Å². The van der Waals surface area contributed by atoms with Crippen LogP contribution in [0, 0.1) is 0 Å². The topological polar surface area (TPSA) is 55.7 Å². The molecule has 0 saturated carbocycles.